The fraction of sp³-hybridized carbons (Fsp3) is 0.136. The summed E-state index contributed by atoms with van der Waals surface area (Å²) in [5.41, 5.74) is 7.46. The van der Waals surface area contributed by atoms with Crippen molar-refractivity contribution in [3.05, 3.63) is 95.1 Å². The van der Waals surface area contributed by atoms with E-state index in [1.54, 1.807) is 6.92 Å². The van der Waals surface area contributed by atoms with E-state index in [1.807, 2.05) is 30.3 Å². The Hall–Kier alpha value is -2.67. The second kappa shape index (κ2) is 5.51. The summed E-state index contributed by atoms with van der Waals surface area (Å²) in [6.07, 6.45) is 0.915. The van der Waals surface area contributed by atoms with Crippen molar-refractivity contribution in [3.8, 4) is 11.1 Å². The van der Waals surface area contributed by atoms with Crippen molar-refractivity contribution >= 4 is 5.78 Å². The summed E-state index contributed by atoms with van der Waals surface area (Å²) in [6, 6.07) is 25.0. The Morgan fingerprint density at radius 3 is 2.30 bits per heavy atom. The second-order valence-corrected chi connectivity index (χ2v) is 6.16. The van der Waals surface area contributed by atoms with Gasteiger partial charge in [-0.2, -0.15) is 0 Å². The van der Waals surface area contributed by atoms with Crippen molar-refractivity contribution in [1.29, 1.82) is 0 Å². The molecular formula is C22H18O. The van der Waals surface area contributed by atoms with Gasteiger partial charge in [-0.05, 0) is 46.7 Å². The van der Waals surface area contributed by atoms with Crippen molar-refractivity contribution in [2.75, 3.05) is 0 Å². The van der Waals surface area contributed by atoms with Gasteiger partial charge < -0.3 is 0 Å². The standard InChI is InChI=1S/C22H18O/c1-15(23)22(16-8-3-2-4-9-16)20-13-7-12-19-18-11-6-5-10-17(18)14-21(19)20/h2-13,22H,14H2,1H3. The lowest BCUT2D eigenvalue weighted by Crippen LogP contribution is -2.12. The van der Waals surface area contributed by atoms with E-state index >= 15 is 0 Å². The molecule has 1 aliphatic rings. The largest absolute Gasteiger partial charge is 0.299 e. The van der Waals surface area contributed by atoms with Crippen LogP contribution >= 0.6 is 0 Å². The van der Waals surface area contributed by atoms with Gasteiger partial charge in [0.05, 0.1) is 5.92 Å². The molecule has 4 rings (SSSR count). The molecular weight excluding hydrogens is 280 g/mol. The van der Waals surface area contributed by atoms with Gasteiger partial charge in [-0.25, -0.2) is 0 Å². The van der Waals surface area contributed by atoms with E-state index in [9.17, 15) is 4.79 Å². The molecule has 23 heavy (non-hydrogen) atoms. The predicted molar refractivity (Wildman–Crippen MR) is 93.7 cm³/mol. The van der Waals surface area contributed by atoms with Crippen LogP contribution in [0.25, 0.3) is 11.1 Å². The molecule has 0 heterocycles. The molecule has 0 fully saturated rings. The van der Waals surface area contributed by atoms with Crippen molar-refractivity contribution in [2.24, 2.45) is 0 Å². The van der Waals surface area contributed by atoms with Gasteiger partial charge in [0, 0.05) is 0 Å². The highest BCUT2D eigenvalue weighted by Gasteiger charge is 2.27. The molecule has 0 amide bonds. The highest BCUT2D eigenvalue weighted by atomic mass is 16.1. The van der Waals surface area contributed by atoms with E-state index in [-0.39, 0.29) is 11.7 Å². The third-order valence-corrected chi connectivity index (χ3v) is 4.74. The first-order valence-electron chi connectivity index (χ1n) is 8.01. The number of carbonyl (C=O) groups excluding carboxylic acids is 1. The Labute approximate surface area is 136 Å². The molecule has 1 atom stereocenters. The highest BCUT2D eigenvalue weighted by molar-refractivity contribution is 5.89. The molecule has 0 aromatic heterocycles. The maximum absolute atomic E-state index is 12.4. The first-order valence-corrected chi connectivity index (χ1v) is 8.01. The van der Waals surface area contributed by atoms with E-state index in [2.05, 4.69) is 42.5 Å². The number of fused-ring (bicyclic) bond motifs is 3. The topological polar surface area (TPSA) is 17.1 Å². The van der Waals surface area contributed by atoms with E-state index in [1.165, 1.54) is 22.3 Å². The van der Waals surface area contributed by atoms with Gasteiger partial charge in [0.25, 0.3) is 0 Å². The van der Waals surface area contributed by atoms with E-state index < -0.39 is 0 Å². The Morgan fingerprint density at radius 1 is 0.826 bits per heavy atom. The van der Waals surface area contributed by atoms with Crippen LogP contribution in [-0.2, 0) is 11.2 Å². The van der Waals surface area contributed by atoms with Crippen LogP contribution in [0.5, 0.6) is 0 Å². The van der Waals surface area contributed by atoms with Gasteiger partial charge in [0.2, 0.25) is 0 Å². The van der Waals surface area contributed by atoms with Gasteiger partial charge >= 0.3 is 0 Å². The average molecular weight is 298 g/mol. The first-order chi connectivity index (χ1) is 11.3. The summed E-state index contributed by atoms with van der Waals surface area (Å²) in [5.74, 6) is 0.0148. The van der Waals surface area contributed by atoms with Crippen molar-refractivity contribution in [2.45, 2.75) is 19.3 Å². The Balaban J connectivity index is 1.89. The molecule has 1 unspecified atom stereocenters. The maximum Gasteiger partial charge on any atom is 0.141 e. The molecule has 0 saturated carbocycles. The molecule has 0 spiro atoms. The lowest BCUT2D eigenvalue weighted by molar-refractivity contribution is -0.117. The summed E-state index contributed by atoms with van der Waals surface area (Å²) in [7, 11) is 0. The normalized spacial score (nSPS) is 13.3. The van der Waals surface area contributed by atoms with Gasteiger partial charge in [-0.3, -0.25) is 4.79 Å². The third kappa shape index (κ3) is 2.29. The monoisotopic (exact) mass is 298 g/mol. The number of rotatable bonds is 3. The molecule has 3 aromatic rings. The molecule has 3 aromatic carbocycles. The molecule has 0 aliphatic heterocycles. The molecule has 0 N–H and O–H groups in total. The fourth-order valence-electron chi connectivity index (χ4n) is 3.73. The third-order valence-electron chi connectivity index (χ3n) is 4.74. The zero-order chi connectivity index (χ0) is 15.8. The van der Waals surface area contributed by atoms with Gasteiger partial charge in [-0.1, -0.05) is 72.8 Å². The summed E-state index contributed by atoms with van der Waals surface area (Å²) < 4.78 is 0. The number of ketones is 1. The Bertz CT molecular complexity index is 877. The summed E-state index contributed by atoms with van der Waals surface area (Å²) in [5, 5.41) is 0. The van der Waals surface area contributed by atoms with Crippen LogP contribution in [0.1, 0.15) is 35.1 Å². The number of benzene rings is 3. The highest BCUT2D eigenvalue weighted by Crippen LogP contribution is 2.41. The SMILES string of the molecule is CC(=O)C(c1ccccc1)c1cccc2c1Cc1ccccc1-2. The zero-order valence-corrected chi connectivity index (χ0v) is 13.1. The molecule has 0 bridgehead atoms. The van der Waals surface area contributed by atoms with Crippen LogP contribution < -0.4 is 0 Å². The first kappa shape index (κ1) is 14.0. The summed E-state index contributed by atoms with van der Waals surface area (Å²) in [6.45, 7) is 1.69. The van der Waals surface area contributed by atoms with Gasteiger partial charge in [-0.15, -0.1) is 0 Å². The Kier molecular flexibility index (Phi) is 3.34. The van der Waals surface area contributed by atoms with E-state index in [4.69, 9.17) is 0 Å². The maximum atomic E-state index is 12.4. The zero-order valence-electron chi connectivity index (χ0n) is 13.1. The van der Waals surface area contributed by atoms with Crippen molar-refractivity contribution in [3.63, 3.8) is 0 Å². The Morgan fingerprint density at radius 2 is 1.52 bits per heavy atom. The van der Waals surface area contributed by atoms with E-state index in [0.717, 1.165) is 17.5 Å². The minimum absolute atomic E-state index is 0.180. The molecule has 0 saturated heterocycles. The van der Waals surface area contributed by atoms with Gasteiger partial charge in [0.15, 0.2) is 0 Å². The van der Waals surface area contributed by atoms with Crippen LogP contribution in [0, 0.1) is 0 Å². The van der Waals surface area contributed by atoms with Gasteiger partial charge in [0.1, 0.15) is 5.78 Å². The van der Waals surface area contributed by atoms with Crippen LogP contribution in [0.4, 0.5) is 0 Å². The second-order valence-electron chi connectivity index (χ2n) is 6.16. The lowest BCUT2D eigenvalue weighted by atomic mass is 9.84. The molecule has 1 heteroatoms. The number of Topliss-reactive ketones (excluding diaryl/α,β-unsaturated/α-hetero) is 1. The van der Waals surface area contributed by atoms with E-state index in [0.29, 0.717) is 0 Å². The lowest BCUT2D eigenvalue weighted by Gasteiger charge is -2.18. The minimum Gasteiger partial charge on any atom is -0.299 e. The van der Waals surface area contributed by atoms with Crippen LogP contribution in [0.2, 0.25) is 0 Å². The minimum atomic E-state index is -0.180. The average Bonchev–Trinajstić information content (AvgIpc) is 2.95. The summed E-state index contributed by atoms with van der Waals surface area (Å²) >= 11 is 0. The van der Waals surface area contributed by atoms with Crippen molar-refractivity contribution < 1.29 is 4.79 Å². The molecule has 0 radical (unpaired) electrons. The smallest absolute Gasteiger partial charge is 0.141 e. The quantitative estimate of drug-likeness (QED) is 0.521. The molecule has 112 valence electrons. The van der Waals surface area contributed by atoms with Crippen molar-refractivity contribution in [1.82, 2.24) is 0 Å². The predicted octanol–water partition coefficient (Wildman–Crippen LogP) is 4.98. The fourth-order valence-corrected chi connectivity index (χ4v) is 3.73. The van der Waals surface area contributed by atoms with Crippen LogP contribution in [-0.4, -0.2) is 5.78 Å². The molecule has 1 nitrogen and oxygen atoms in total. The number of carbonyl (C=O) groups is 1. The molecule has 1 aliphatic carbocycles. The number of hydrogen-bond acceptors (Lipinski definition) is 1. The summed E-state index contributed by atoms with van der Waals surface area (Å²) in [4.78, 5) is 12.4. The van der Waals surface area contributed by atoms with Crippen LogP contribution in [0.15, 0.2) is 72.8 Å². The number of hydrogen-bond donors (Lipinski definition) is 0. The van der Waals surface area contributed by atoms with Crippen LogP contribution in [0.3, 0.4) is 0 Å².